The smallest absolute Gasteiger partial charge is 0.126 e. The van der Waals surface area contributed by atoms with E-state index in [1.54, 1.807) is 0 Å². The Hall–Kier alpha value is -0.110. The average molecular weight is 232 g/mol. The molecule has 0 aromatic rings. The summed E-state index contributed by atoms with van der Waals surface area (Å²) in [6.07, 6.45) is 8.28. The van der Waals surface area contributed by atoms with Gasteiger partial charge in [-0.25, -0.2) is 4.39 Å². The monoisotopic (exact) mass is 232 g/mol. The van der Waals surface area contributed by atoms with Crippen molar-refractivity contribution in [2.45, 2.75) is 90.3 Å². The fraction of sp³-hybridized carbons (Fsp3) is 1.00. The summed E-state index contributed by atoms with van der Waals surface area (Å²) in [7, 11) is 0. The van der Waals surface area contributed by atoms with Gasteiger partial charge < -0.3 is 5.11 Å². The number of rotatable bonds is 11. The maximum absolute atomic E-state index is 13.5. The van der Waals surface area contributed by atoms with Crippen molar-refractivity contribution >= 4 is 0 Å². The molecule has 98 valence electrons. The average Bonchev–Trinajstić information content (AvgIpc) is 2.29. The van der Waals surface area contributed by atoms with Crippen molar-refractivity contribution < 1.29 is 9.50 Å². The Morgan fingerprint density at radius 3 is 1.81 bits per heavy atom. The van der Waals surface area contributed by atoms with E-state index < -0.39 is 12.3 Å². The molecule has 0 radical (unpaired) electrons. The first-order valence-corrected chi connectivity index (χ1v) is 7.04. The highest BCUT2D eigenvalue weighted by molar-refractivity contribution is 4.67. The molecule has 0 aliphatic heterocycles. The summed E-state index contributed by atoms with van der Waals surface area (Å²) in [6.45, 7) is 4.30. The predicted molar refractivity (Wildman–Crippen MR) is 68.4 cm³/mol. The zero-order chi connectivity index (χ0) is 12.2. The quantitative estimate of drug-likeness (QED) is 0.515. The number of hydrogen-bond acceptors (Lipinski definition) is 1. The molecule has 1 nitrogen and oxygen atoms in total. The largest absolute Gasteiger partial charge is 0.390 e. The first-order valence-electron chi connectivity index (χ1n) is 7.04. The highest BCUT2D eigenvalue weighted by Crippen LogP contribution is 2.16. The Bertz CT molecular complexity index is 123. The van der Waals surface area contributed by atoms with Crippen LogP contribution in [-0.2, 0) is 0 Å². The second-order valence-corrected chi connectivity index (χ2v) is 4.78. The minimum absolute atomic E-state index is 0.537. The van der Waals surface area contributed by atoms with Crippen molar-refractivity contribution in [2.75, 3.05) is 0 Å². The molecular weight excluding hydrogens is 203 g/mol. The van der Waals surface area contributed by atoms with Crippen LogP contribution in [0.25, 0.3) is 0 Å². The number of unbranched alkanes of at least 4 members (excludes halogenated alkanes) is 6. The van der Waals surface area contributed by atoms with Crippen LogP contribution in [0.3, 0.4) is 0 Å². The Kier molecular flexibility index (Phi) is 11.3. The fourth-order valence-electron chi connectivity index (χ4n) is 1.92. The van der Waals surface area contributed by atoms with Crippen molar-refractivity contribution in [1.82, 2.24) is 0 Å². The third-order valence-corrected chi connectivity index (χ3v) is 3.10. The zero-order valence-electron chi connectivity index (χ0n) is 11.1. The summed E-state index contributed by atoms with van der Waals surface area (Å²) in [5.41, 5.74) is 0. The first kappa shape index (κ1) is 15.9. The van der Waals surface area contributed by atoms with E-state index in [0.717, 1.165) is 25.7 Å². The van der Waals surface area contributed by atoms with Gasteiger partial charge >= 0.3 is 0 Å². The highest BCUT2D eigenvalue weighted by atomic mass is 19.1. The first-order chi connectivity index (χ1) is 7.72. The number of aliphatic hydroxyl groups is 1. The van der Waals surface area contributed by atoms with Gasteiger partial charge in [-0.2, -0.15) is 0 Å². The molecule has 0 saturated heterocycles. The van der Waals surface area contributed by atoms with E-state index in [1.165, 1.54) is 25.7 Å². The topological polar surface area (TPSA) is 20.2 Å². The van der Waals surface area contributed by atoms with E-state index in [9.17, 15) is 9.50 Å². The molecule has 0 aromatic heterocycles. The summed E-state index contributed by atoms with van der Waals surface area (Å²) in [6, 6.07) is 0. The van der Waals surface area contributed by atoms with Gasteiger partial charge in [0.2, 0.25) is 0 Å². The van der Waals surface area contributed by atoms with Crippen LogP contribution in [-0.4, -0.2) is 17.4 Å². The molecule has 0 bridgehead atoms. The van der Waals surface area contributed by atoms with Crippen LogP contribution in [0, 0.1) is 0 Å². The summed E-state index contributed by atoms with van der Waals surface area (Å²) >= 11 is 0. The molecule has 2 heteroatoms. The molecule has 0 fully saturated rings. The Morgan fingerprint density at radius 2 is 1.31 bits per heavy atom. The molecular formula is C14H29FO. The molecule has 0 unspecified atom stereocenters. The van der Waals surface area contributed by atoms with Crippen LogP contribution in [0.5, 0.6) is 0 Å². The molecule has 0 aromatic carbocycles. The number of aliphatic hydroxyl groups excluding tert-OH is 1. The van der Waals surface area contributed by atoms with Gasteiger partial charge in [0.1, 0.15) is 6.17 Å². The van der Waals surface area contributed by atoms with Gasteiger partial charge in [-0.1, -0.05) is 65.2 Å². The lowest BCUT2D eigenvalue weighted by Gasteiger charge is -2.15. The molecule has 0 spiro atoms. The van der Waals surface area contributed by atoms with E-state index in [4.69, 9.17) is 0 Å². The van der Waals surface area contributed by atoms with Gasteiger partial charge in [0, 0.05) is 0 Å². The van der Waals surface area contributed by atoms with Crippen LogP contribution in [0.1, 0.15) is 78.1 Å². The number of hydrogen-bond donors (Lipinski definition) is 1. The predicted octanol–water partition coefficient (Wildman–Crippen LogP) is 4.63. The lowest BCUT2D eigenvalue weighted by Crippen LogP contribution is -2.21. The Labute approximate surface area is 100 Å². The minimum atomic E-state index is -1.00. The van der Waals surface area contributed by atoms with E-state index in [1.807, 2.05) is 0 Å². The second kappa shape index (κ2) is 11.4. The number of halogens is 1. The molecule has 0 amide bonds. The third-order valence-electron chi connectivity index (χ3n) is 3.10. The van der Waals surface area contributed by atoms with Crippen molar-refractivity contribution in [3.63, 3.8) is 0 Å². The van der Waals surface area contributed by atoms with Crippen molar-refractivity contribution in [2.24, 2.45) is 0 Å². The maximum Gasteiger partial charge on any atom is 0.126 e. The lowest BCUT2D eigenvalue weighted by atomic mass is 10.0. The lowest BCUT2D eigenvalue weighted by molar-refractivity contribution is 0.0621. The SMILES string of the molecule is CCCCCC[C@@H](F)[C@@H](O)CCCCCC. The Morgan fingerprint density at radius 1 is 0.812 bits per heavy atom. The molecule has 0 saturated carbocycles. The van der Waals surface area contributed by atoms with E-state index >= 15 is 0 Å². The van der Waals surface area contributed by atoms with Crippen molar-refractivity contribution in [3.05, 3.63) is 0 Å². The summed E-state index contributed by atoms with van der Waals surface area (Å²) in [5.74, 6) is 0. The van der Waals surface area contributed by atoms with E-state index in [-0.39, 0.29) is 0 Å². The maximum atomic E-state index is 13.5. The van der Waals surface area contributed by atoms with E-state index in [2.05, 4.69) is 13.8 Å². The van der Waals surface area contributed by atoms with Crippen LogP contribution >= 0.6 is 0 Å². The summed E-state index contributed by atoms with van der Waals surface area (Å²) in [5, 5.41) is 9.60. The van der Waals surface area contributed by atoms with E-state index in [0.29, 0.717) is 12.8 Å². The van der Waals surface area contributed by atoms with Crippen molar-refractivity contribution in [3.8, 4) is 0 Å². The molecule has 0 heterocycles. The highest BCUT2D eigenvalue weighted by Gasteiger charge is 2.16. The van der Waals surface area contributed by atoms with Gasteiger partial charge in [0.05, 0.1) is 6.10 Å². The normalized spacial score (nSPS) is 15.0. The minimum Gasteiger partial charge on any atom is -0.390 e. The van der Waals surface area contributed by atoms with Gasteiger partial charge in [0.25, 0.3) is 0 Å². The van der Waals surface area contributed by atoms with Crippen molar-refractivity contribution in [1.29, 1.82) is 0 Å². The second-order valence-electron chi connectivity index (χ2n) is 4.78. The molecule has 1 N–H and O–H groups in total. The van der Waals surface area contributed by atoms with Crippen LogP contribution in [0.2, 0.25) is 0 Å². The van der Waals surface area contributed by atoms with Gasteiger partial charge in [0.15, 0.2) is 0 Å². The van der Waals surface area contributed by atoms with Crippen LogP contribution in [0.15, 0.2) is 0 Å². The zero-order valence-corrected chi connectivity index (χ0v) is 11.1. The van der Waals surface area contributed by atoms with Gasteiger partial charge in [-0.3, -0.25) is 0 Å². The molecule has 0 aliphatic carbocycles. The standard InChI is InChI=1S/C14H29FO/c1-3-5-7-9-11-13(15)14(16)12-10-8-6-4-2/h13-14,16H,3-12H2,1-2H3/t13-,14+/m1/s1. The molecule has 2 atom stereocenters. The summed E-state index contributed by atoms with van der Waals surface area (Å²) < 4.78 is 13.5. The molecule has 16 heavy (non-hydrogen) atoms. The Balaban J connectivity index is 3.38. The van der Waals surface area contributed by atoms with Crippen LogP contribution < -0.4 is 0 Å². The summed E-state index contributed by atoms with van der Waals surface area (Å²) in [4.78, 5) is 0. The number of alkyl halides is 1. The molecule has 0 aliphatic rings. The van der Waals surface area contributed by atoms with Gasteiger partial charge in [-0.05, 0) is 12.8 Å². The third kappa shape index (κ3) is 9.14. The molecule has 0 rings (SSSR count). The van der Waals surface area contributed by atoms with Gasteiger partial charge in [-0.15, -0.1) is 0 Å². The van der Waals surface area contributed by atoms with Crippen LogP contribution in [0.4, 0.5) is 4.39 Å². The fourth-order valence-corrected chi connectivity index (χ4v) is 1.92.